The summed E-state index contributed by atoms with van der Waals surface area (Å²) in [6, 6.07) is 11.9. The van der Waals surface area contributed by atoms with Crippen LogP contribution >= 0.6 is 34.4 Å². The largest absolute Gasteiger partial charge is 0.488 e. The van der Waals surface area contributed by atoms with Gasteiger partial charge in [-0.2, -0.15) is 0 Å². The summed E-state index contributed by atoms with van der Waals surface area (Å²) in [5.74, 6) is 1.41. The molecular weight excluding hydrogens is 423 g/mol. The number of carbonyl (C=O) groups is 1. The lowest BCUT2D eigenvalue weighted by molar-refractivity contribution is 0.225. The average Bonchev–Trinajstić information content (AvgIpc) is 2.55. The lowest BCUT2D eigenvalue weighted by atomic mass is 10.1. The van der Waals surface area contributed by atoms with E-state index in [0.29, 0.717) is 12.4 Å². The number of aryl methyl sites for hydroxylation is 2. The van der Waals surface area contributed by atoms with Crippen LogP contribution in [0.3, 0.4) is 0 Å². The fourth-order valence-corrected chi connectivity index (χ4v) is 2.95. The molecule has 0 N–H and O–H groups in total. The number of rotatable bonds is 5. The summed E-state index contributed by atoms with van der Waals surface area (Å²) in [7, 11) is 0. The van der Waals surface area contributed by atoms with Gasteiger partial charge in [0.1, 0.15) is 18.1 Å². The Bertz CT molecular complexity index is 701. The van der Waals surface area contributed by atoms with Crippen molar-refractivity contribution in [3.63, 3.8) is 0 Å². The van der Waals surface area contributed by atoms with E-state index in [-0.39, 0.29) is 5.30 Å². The molecule has 23 heavy (non-hydrogen) atoms. The van der Waals surface area contributed by atoms with Crippen LogP contribution in [-0.4, -0.2) is 11.6 Å². The van der Waals surface area contributed by atoms with Crippen LogP contribution in [0, 0.1) is 10.5 Å². The first kappa shape index (κ1) is 18.1. The minimum Gasteiger partial charge on any atom is -0.488 e. The maximum atomic E-state index is 11.5. The normalized spacial score (nSPS) is 10.4. The number of carbonyl (C=O) groups excluding carboxylic acids is 1. The first-order valence-electron chi connectivity index (χ1n) is 7.30. The van der Waals surface area contributed by atoms with Crippen molar-refractivity contribution in [3.05, 3.63) is 56.7 Å². The van der Waals surface area contributed by atoms with E-state index in [9.17, 15) is 4.79 Å². The Kier molecular flexibility index (Phi) is 6.77. The SMILES string of the molecule is CCc1ccc(OCc2c(I)cccc2OC(=O)SC)c(C)c1. The summed E-state index contributed by atoms with van der Waals surface area (Å²) in [4.78, 5) is 11.5. The van der Waals surface area contributed by atoms with Gasteiger partial charge in [-0.25, -0.2) is 4.79 Å². The molecule has 0 aliphatic carbocycles. The molecule has 0 fully saturated rings. The van der Waals surface area contributed by atoms with Gasteiger partial charge in [-0.1, -0.05) is 25.1 Å². The van der Waals surface area contributed by atoms with Gasteiger partial charge < -0.3 is 9.47 Å². The standard InChI is InChI=1S/C18H19IO3S/c1-4-13-8-9-16(12(2)10-13)21-11-14-15(19)6-5-7-17(14)22-18(20)23-3/h5-10H,4,11H2,1-3H3. The Balaban J connectivity index is 2.18. The summed E-state index contributed by atoms with van der Waals surface area (Å²) in [5, 5.41) is -0.322. The Labute approximate surface area is 154 Å². The van der Waals surface area contributed by atoms with Crippen molar-refractivity contribution in [3.8, 4) is 11.5 Å². The molecular formula is C18H19IO3S. The molecule has 0 saturated heterocycles. The quantitative estimate of drug-likeness (QED) is 0.446. The third kappa shape index (κ3) is 4.88. The maximum absolute atomic E-state index is 11.5. The van der Waals surface area contributed by atoms with Crippen molar-refractivity contribution in [1.82, 2.24) is 0 Å². The highest BCUT2D eigenvalue weighted by Gasteiger charge is 2.13. The van der Waals surface area contributed by atoms with Crippen LogP contribution in [0.25, 0.3) is 0 Å². The van der Waals surface area contributed by atoms with E-state index in [4.69, 9.17) is 9.47 Å². The van der Waals surface area contributed by atoms with Crippen LogP contribution in [0.5, 0.6) is 11.5 Å². The van der Waals surface area contributed by atoms with Crippen LogP contribution in [0.1, 0.15) is 23.6 Å². The number of benzene rings is 2. The molecule has 0 unspecified atom stereocenters. The van der Waals surface area contributed by atoms with E-state index in [1.54, 1.807) is 12.3 Å². The van der Waals surface area contributed by atoms with Crippen molar-refractivity contribution in [2.45, 2.75) is 26.9 Å². The van der Waals surface area contributed by atoms with Gasteiger partial charge in [0.05, 0.1) is 0 Å². The lowest BCUT2D eigenvalue weighted by Crippen LogP contribution is -2.06. The Morgan fingerprint density at radius 3 is 2.65 bits per heavy atom. The van der Waals surface area contributed by atoms with Gasteiger partial charge in [0.2, 0.25) is 0 Å². The van der Waals surface area contributed by atoms with E-state index in [1.165, 1.54) is 5.56 Å². The highest BCUT2D eigenvalue weighted by atomic mass is 127. The van der Waals surface area contributed by atoms with Crippen molar-refractivity contribution in [2.75, 3.05) is 6.26 Å². The van der Waals surface area contributed by atoms with Crippen LogP contribution in [0.15, 0.2) is 36.4 Å². The molecule has 0 aliphatic rings. The van der Waals surface area contributed by atoms with Crippen molar-refractivity contribution < 1.29 is 14.3 Å². The number of hydrogen-bond donors (Lipinski definition) is 0. The lowest BCUT2D eigenvalue weighted by Gasteiger charge is -2.14. The third-order valence-electron chi connectivity index (χ3n) is 3.46. The number of thioether (sulfide) groups is 1. The first-order valence-corrected chi connectivity index (χ1v) is 9.61. The van der Waals surface area contributed by atoms with Crippen LogP contribution in [0.4, 0.5) is 4.79 Å². The van der Waals surface area contributed by atoms with Gasteiger partial charge in [0.25, 0.3) is 0 Å². The third-order valence-corrected chi connectivity index (χ3v) is 4.88. The van der Waals surface area contributed by atoms with E-state index >= 15 is 0 Å². The van der Waals surface area contributed by atoms with Gasteiger partial charge >= 0.3 is 5.30 Å². The molecule has 2 aromatic rings. The molecule has 5 heteroatoms. The van der Waals surface area contributed by atoms with Crippen molar-refractivity contribution in [2.24, 2.45) is 0 Å². The van der Waals surface area contributed by atoms with E-state index in [2.05, 4.69) is 41.6 Å². The van der Waals surface area contributed by atoms with Gasteiger partial charge in [0, 0.05) is 9.13 Å². The first-order chi connectivity index (χ1) is 11.0. The van der Waals surface area contributed by atoms with Crippen molar-refractivity contribution in [1.29, 1.82) is 0 Å². The minimum absolute atomic E-state index is 0.322. The van der Waals surface area contributed by atoms with Gasteiger partial charge in [-0.15, -0.1) is 0 Å². The summed E-state index contributed by atoms with van der Waals surface area (Å²) in [5.41, 5.74) is 3.28. The molecule has 0 atom stereocenters. The predicted octanol–water partition coefficient (Wildman–Crippen LogP) is 5.60. The fourth-order valence-electron chi connectivity index (χ4n) is 2.15. The Morgan fingerprint density at radius 2 is 2.00 bits per heavy atom. The van der Waals surface area contributed by atoms with Crippen LogP contribution in [0.2, 0.25) is 0 Å². The van der Waals surface area contributed by atoms with E-state index in [0.717, 1.165) is 38.6 Å². The predicted molar refractivity (Wildman–Crippen MR) is 104 cm³/mol. The second-order valence-corrected chi connectivity index (χ2v) is 6.92. The highest BCUT2D eigenvalue weighted by Crippen LogP contribution is 2.28. The minimum atomic E-state index is -0.322. The van der Waals surface area contributed by atoms with Gasteiger partial charge in [-0.05, 0) is 83.3 Å². The number of hydrogen-bond acceptors (Lipinski definition) is 4. The smallest absolute Gasteiger partial charge is 0.372 e. The molecule has 0 heterocycles. The zero-order chi connectivity index (χ0) is 16.8. The summed E-state index contributed by atoms with van der Waals surface area (Å²) in [6.45, 7) is 4.54. The molecule has 0 radical (unpaired) electrons. The van der Waals surface area contributed by atoms with Gasteiger partial charge in [0.15, 0.2) is 0 Å². The monoisotopic (exact) mass is 442 g/mol. The molecule has 0 aliphatic heterocycles. The second kappa shape index (κ2) is 8.59. The fraction of sp³-hybridized carbons (Fsp3) is 0.278. The molecule has 0 saturated carbocycles. The zero-order valence-electron chi connectivity index (χ0n) is 13.4. The highest BCUT2D eigenvalue weighted by molar-refractivity contribution is 14.1. The van der Waals surface area contributed by atoms with Crippen LogP contribution < -0.4 is 9.47 Å². The molecule has 2 aromatic carbocycles. The molecule has 3 nitrogen and oxygen atoms in total. The average molecular weight is 442 g/mol. The summed E-state index contributed by atoms with van der Waals surface area (Å²) < 4.78 is 12.3. The van der Waals surface area contributed by atoms with Crippen molar-refractivity contribution >= 4 is 39.7 Å². The second-order valence-electron chi connectivity index (χ2n) is 5.01. The molecule has 2 rings (SSSR count). The Hall–Kier alpha value is -1.21. The van der Waals surface area contributed by atoms with Crippen LogP contribution in [-0.2, 0) is 13.0 Å². The van der Waals surface area contributed by atoms with E-state index in [1.807, 2.05) is 25.1 Å². The van der Waals surface area contributed by atoms with E-state index < -0.39 is 0 Å². The Morgan fingerprint density at radius 1 is 1.22 bits per heavy atom. The molecule has 0 amide bonds. The molecule has 0 spiro atoms. The van der Waals surface area contributed by atoms with Gasteiger partial charge in [-0.3, -0.25) is 0 Å². The maximum Gasteiger partial charge on any atom is 0.372 e. The zero-order valence-corrected chi connectivity index (χ0v) is 16.4. The molecule has 122 valence electrons. The molecule has 0 aromatic heterocycles. The summed E-state index contributed by atoms with van der Waals surface area (Å²) in [6.07, 6.45) is 2.71. The topological polar surface area (TPSA) is 35.5 Å². The number of halogens is 1. The summed E-state index contributed by atoms with van der Waals surface area (Å²) >= 11 is 3.28. The molecule has 0 bridgehead atoms. The number of ether oxygens (including phenoxy) is 2.